The first-order valence-corrected chi connectivity index (χ1v) is 5.71. The minimum atomic E-state index is -0.427. The van der Waals surface area contributed by atoms with Crippen molar-refractivity contribution < 1.29 is 4.92 Å². The molecule has 0 aliphatic heterocycles. The Bertz CT molecular complexity index is 757. The highest BCUT2D eigenvalue weighted by Crippen LogP contribution is 2.21. The lowest BCUT2D eigenvalue weighted by Gasteiger charge is -2.02. The zero-order valence-electron chi connectivity index (χ0n) is 9.85. The Labute approximate surface area is 108 Å². The molecule has 0 fully saturated rings. The van der Waals surface area contributed by atoms with Gasteiger partial charge in [-0.2, -0.15) is 0 Å². The van der Waals surface area contributed by atoms with Crippen molar-refractivity contribution in [1.82, 2.24) is 9.97 Å². The summed E-state index contributed by atoms with van der Waals surface area (Å²) >= 11 is 0. The van der Waals surface area contributed by atoms with Crippen LogP contribution in [-0.4, -0.2) is 14.9 Å². The maximum Gasteiger partial charge on any atom is 0.271 e. The average Bonchev–Trinajstić information content (AvgIpc) is 2.47. The van der Waals surface area contributed by atoms with Crippen LogP contribution in [0.1, 0.15) is 0 Å². The fourth-order valence-corrected chi connectivity index (χ4v) is 1.85. The maximum atomic E-state index is 10.8. The van der Waals surface area contributed by atoms with Gasteiger partial charge in [0, 0.05) is 29.3 Å². The van der Waals surface area contributed by atoms with Gasteiger partial charge in [0.25, 0.3) is 5.69 Å². The zero-order valence-corrected chi connectivity index (χ0v) is 9.85. The Balaban J connectivity index is 2.16. The molecular weight excluding hydrogens is 242 g/mol. The van der Waals surface area contributed by atoms with Gasteiger partial charge in [0.1, 0.15) is 0 Å². The molecule has 3 aromatic rings. The van der Waals surface area contributed by atoms with Gasteiger partial charge in [0.05, 0.1) is 10.4 Å². The number of nitro benzene ring substituents is 1. The largest absolute Gasteiger partial charge is 0.271 e. The van der Waals surface area contributed by atoms with Crippen molar-refractivity contribution in [1.29, 1.82) is 0 Å². The van der Waals surface area contributed by atoms with E-state index in [1.54, 1.807) is 12.3 Å². The van der Waals surface area contributed by atoms with E-state index in [-0.39, 0.29) is 5.69 Å². The van der Waals surface area contributed by atoms with Crippen molar-refractivity contribution in [2.75, 3.05) is 0 Å². The van der Waals surface area contributed by atoms with E-state index in [0.29, 0.717) is 11.3 Å². The molecule has 0 aliphatic carbocycles. The molecule has 0 saturated heterocycles. The summed E-state index contributed by atoms with van der Waals surface area (Å²) in [6, 6.07) is 14.1. The molecule has 0 radical (unpaired) electrons. The fourth-order valence-electron chi connectivity index (χ4n) is 1.85. The molecule has 1 heterocycles. The second-order valence-electron chi connectivity index (χ2n) is 4.06. The van der Waals surface area contributed by atoms with Crippen LogP contribution in [-0.2, 0) is 0 Å². The fraction of sp³-hybridized carbons (Fsp3) is 0. The number of hydrogen-bond donors (Lipinski definition) is 0. The quantitative estimate of drug-likeness (QED) is 0.518. The van der Waals surface area contributed by atoms with Crippen LogP contribution in [0.2, 0.25) is 0 Å². The third-order valence-corrected chi connectivity index (χ3v) is 2.81. The Morgan fingerprint density at radius 3 is 2.58 bits per heavy atom. The molecule has 3 rings (SSSR count). The predicted molar refractivity (Wildman–Crippen MR) is 71.6 cm³/mol. The van der Waals surface area contributed by atoms with Crippen molar-refractivity contribution in [3.63, 3.8) is 0 Å². The molecule has 0 bridgehead atoms. The topological polar surface area (TPSA) is 68.9 Å². The molecule has 0 spiro atoms. The number of non-ortho nitro benzene ring substituents is 1. The van der Waals surface area contributed by atoms with Crippen molar-refractivity contribution in [3.8, 4) is 11.4 Å². The Kier molecular flexibility index (Phi) is 2.64. The summed E-state index contributed by atoms with van der Waals surface area (Å²) in [7, 11) is 0. The molecule has 0 N–H and O–H groups in total. The van der Waals surface area contributed by atoms with Gasteiger partial charge in [0.15, 0.2) is 5.82 Å². The summed E-state index contributed by atoms with van der Waals surface area (Å²) in [5, 5.41) is 11.5. The van der Waals surface area contributed by atoms with Crippen molar-refractivity contribution in [2.24, 2.45) is 0 Å². The van der Waals surface area contributed by atoms with Crippen LogP contribution in [0.25, 0.3) is 22.3 Å². The van der Waals surface area contributed by atoms with Crippen LogP contribution >= 0.6 is 0 Å². The SMILES string of the molecule is O=[N+]([O-])c1ccc2cnc(-c3ccccc3)nc2c1. The maximum absolute atomic E-state index is 10.8. The van der Waals surface area contributed by atoms with Crippen LogP contribution < -0.4 is 0 Å². The van der Waals surface area contributed by atoms with Gasteiger partial charge in [0.2, 0.25) is 0 Å². The number of hydrogen-bond acceptors (Lipinski definition) is 4. The molecule has 19 heavy (non-hydrogen) atoms. The van der Waals surface area contributed by atoms with E-state index in [9.17, 15) is 10.1 Å². The number of fused-ring (bicyclic) bond motifs is 1. The lowest BCUT2D eigenvalue weighted by Crippen LogP contribution is -1.92. The van der Waals surface area contributed by atoms with Gasteiger partial charge in [-0.05, 0) is 6.07 Å². The average molecular weight is 251 g/mol. The molecule has 0 unspecified atom stereocenters. The zero-order chi connectivity index (χ0) is 13.2. The minimum Gasteiger partial charge on any atom is -0.258 e. The van der Waals surface area contributed by atoms with E-state index >= 15 is 0 Å². The highest BCUT2D eigenvalue weighted by molar-refractivity contribution is 5.81. The highest BCUT2D eigenvalue weighted by atomic mass is 16.6. The summed E-state index contributed by atoms with van der Waals surface area (Å²) in [6.45, 7) is 0. The molecule has 5 nitrogen and oxygen atoms in total. The molecule has 92 valence electrons. The van der Waals surface area contributed by atoms with Crippen LogP contribution in [0.4, 0.5) is 5.69 Å². The van der Waals surface area contributed by atoms with Crippen LogP contribution in [0.15, 0.2) is 54.7 Å². The van der Waals surface area contributed by atoms with Gasteiger partial charge < -0.3 is 0 Å². The normalized spacial score (nSPS) is 10.5. The molecule has 5 heteroatoms. The molecule has 0 amide bonds. The summed E-state index contributed by atoms with van der Waals surface area (Å²) in [5.41, 5.74) is 1.49. The first-order valence-electron chi connectivity index (χ1n) is 5.71. The molecule has 0 saturated carbocycles. The first kappa shape index (κ1) is 11.3. The van der Waals surface area contributed by atoms with E-state index in [0.717, 1.165) is 10.9 Å². The smallest absolute Gasteiger partial charge is 0.258 e. The molecule has 0 atom stereocenters. The third-order valence-electron chi connectivity index (χ3n) is 2.81. The number of nitro groups is 1. The van der Waals surface area contributed by atoms with Gasteiger partial charge in [-0.15, -0.1) is 0 Å². The van der Waals surface area contributed by atoms with Gasteiger partial charge >= 0.3 is 0 Å². The predicted octanol–water partition coefficient (Wildman–Crippen LogP) is 3.21. The summed E-state index contributed by atoms with van der Waals surface area (Å²) < 4.78 is 0. The summed E-state index contributed by atoms with van der Waals surface area (Å²) in [6.07, 6.45) is 1.67. The van der Waals surface area contributed by atoms with Gasteiger partial charge in [-0.1, -0.05) is 30.3 Å². The van der Waals surface area contributed by atoms with E-state index < -0.39 is 4.92 Å². The second-order valence-corrected chi connectivity index (χ2v) is 4.06. The lowest BCUT2D eigenvalue weighted by atomic mass is 10.2. The van der Waals surface area contributed by atoms with E-state index in [1.807, 2.05) is 30.3 Å². The lowest BCUT2D eigenvalue weighted by molar-refractivity contribution is -0.384. The highest BCUT2D eigenvalue weighted by Gasteiger charge is 2.08. The number of nitrogens with zero attached hydrogens (tertiary/aromatic N) is 3. The van der Waals surface area contributed by atoms with Crippen LogP contribution in [0.5, 0.6) is 0 Å². The van der Waals surface area contributed by atoms with E-state index in [2.05, 4.69) is 9.97 Å². The van der Waals surface area contributed by atoms with Crippen molar-refractivity contribution in [2.45, 2.75) is 0 Å². The summed E-state index contributed by atoms with van der Waals surface area (Å²) in [4.78, 5) is 19.0. The Morgan fingerprint density at radius 1 is 1.05 bits per heavy atom. The van der Waals surface area contributed by atoms with Gasteiger partial charge in [-0.3, -0.25) is 10.1 Å². The Hall–Kier alpha value is -2.82. The third kappa shape index (κ3) is 2.13. The number of rotatable bonds is 2. The van der Waals surface area contributed by atoms with E-state index in [1.165, 1.54) is 12.1 Å². The standard InChI is InChI=1S/C14H9N3O2/c18-17(19)12-7-6-11-9-15-14(16-13(11)8-12)10-4-2-1-3-5-10/h1-9H. The molecule has 2 aromatic carbocycles. The second kappa shape index (κ2) is 4.45. The molecule has 0 aliphatic rings. The Morgan fingerprint density at radius 2 is 1.84 bits per heavy atom. The van der Waals surface area contributed by atoms with Crippen molar-refractivity contribution >= 4 is 16.6 Å². The molecule has 1 aromatic heterocycles. The van der Waals surface area contributed by atoms with Crippen molar-refractivity contribution in [3.05, 3.63) is 64.8 Å². The molecular formula is C14H9N3O2. The van der Waals surface area contributed by atoms with Crippen LogP contribution in [0.3, 0.4) is 0 Å². The first-order chi connectivity index (χ1) is 9.24. The van der Waals surface area contributed by atoms with Crippen LogP contribution in [0, 0.1) is 10.1 Å². The number of aromatic nitrogens is 2. The number of benzene rings is 2. The van der Waals surface area contributed by atoms with Gasteiger partial charge in [-0.25, -0.2) is 9.97 Å². The minimum absolute atomic E-state index is 0.0326. The van der Waals surface area contributed by atoms with E-state index in [4.69, 9.17) is 0 Å². The summed E-state index contributed by atoms with van der Waals surface area (Å²) in [5.74, 6) is 0.564. The monoisotopic (exact) mass is 251 g/mol.